The molecule has 0 radical (unpaired) electrons. The van der Waals surface area contributed by atoms with E-state index in [1.807, 2.05) is 30.3 Å². The maximum atomic E-state index is 12.9. The number of carbonyl (C=O) groups excluding carboxylic acids is 1. The van der Waals surface area contributed by atoms with Crippen LogP contribution in [0.25, 0.3) is 10.2 Å². The van der Waals surface area contributed by atoms with Gasteiger partial charge in [-0.2, -0.15) is 0 Å². The second-order valence-electron chi connectivity index (χ2n) is 6.17. The Hall–Kier alpha value is -2.71. The molecule has 27 heavy (non-hydrogen) atoms. The van der Waals surface area contributed by atoms with E-state index < -0.39 is 11.2 Å². The first-order chi connectivity index (χ1) is 13.0. The van der Waals surface area contributed by atoms with Gasteiger partial charge in [-0.05, 0) is 24.5 Å². The number of aliphatic hydroxyl groups is 1. The van der Waals surface area contributed by atoms with E-state index in [0.717, 1.165) is 21.5 Å². The topological polar surface area (TPSA) is 93.3 Å². The summed E-state index contributed by atoms with van der Waals surface area (Å²) in [6.07, 6.45) is 0.611. The third-order valence-electron chi connectivity index (χ3n) is 4.52. The number of nitrogens with zero attached hydrogens (tertiary/aromatic N) is 2. The lowest BCUT2D eigenvalue weighted by molar-refractivity contribution is 0.0966. The lowest BCUT2D eigenvalue weighted by Crippen LogP contribution is -2.40. The Morgan fingerprint density at radius 3 is 2.48 bits per heavy atom. The highest BCUT2D eigenvalue weighted by molar-refractivity contribution is 7.20. The predicted octanol–water partition coefficient (Wildman–Crippen LogP) is 1.13. The number of nitrogens with one attached hydrogen (secondary N) is 1. The zero-order valence-electron chi connectivity index (χ0n) is 15.2. The summed E-state index contributed by atoms with van der Waals surface area (Å²) in [6, 6.07) is 9.73. The first-order valence-corrected chi connectivity index (χ1v) is 9.44. The Labute approximate surface area is 159 Å². The van der Waals surface area contributed by atoms with Crippen molar-refractivity contribution in [3.05, 3.63) is 67.2 Å². The van der Waals surface area contributed by atoms with E-state index in [4.69, 9.17) is 0 Å². The second kappa shape index (κ2) is 7.89. The molecule has 0 saturated heterocycles. The zero-order valence-corrected chi connectivity index (χ0v) is 16.0. The number of benzene rings is 1. The summed E-state index contributed by atoms with van der Waals surface area (Å²) in [7, 11) is 1.53. The van der Waals surface area contributed by atoms with Crippen molar-refractivity contribution >= 4 is 27.5 Å². The van der Waals surface area contributed by atoms with Gasteiger partial charge in [-0.15, -0.1) is 11.3 Å². The van der Waals surface area contributed by atoms with E-state index >= 15 is 0 Å². The van der Waals surface area contributed by atoms with Crippen LogP contribution in [0.4, 0.5) is 0 Å². The monoisotopic (exact) mass is 387 g/mol. The molecule has 0 aliphatic rings. The smallest absolute Gasteiger partial charge is 0.332 e. The minimum Gasteiger partial charge on any atom is -0.395 e. The van der Waals surface area contributed by atoms with Crippen molar-refractivity contribution in [1.29, 1.82) is 0 Å². The Balaban J connectivity index is 2.22. The Morgan fingerprint density at radius 2 is 1.85 bits per heavy atom. The summed E-state index contributed by atoms with van der Waals surface area (Å²) in [5.41, 5.74) is 0.683. The number of fused-ring (bicyclic) bond motifs is 1. The molecule has 0 aliphatic heterocycles. The maximum absolute atomic E-state index is 12.9. The molecule has 0 saturated carbocycles. The summed E-state index contributed by atoms with van der Waals surface area (Å²) in [4.78, 5) is 38.8. The van der Waals surface area contributed by atoms with Gasteiger partial charge in [0.15, 0.2) is 0 Å². The fourth-order valence-corrected chi connectivity index (χ4v) is 4.37. The van der Waals surface area contributed by atoms with E-state index in [-0.39, 0.29) is 19.1 Å². The van der Waals surface area contributed by atoms with E-state index in [1.54, 1.807) is 6.92 Å². The number of carbonyl (C=O) groups is 1. The van der Waals surface area contributed by atoms with Crippen molar-refractivity contribution in [2.75, 3.05) is 13.7 Å². The zero-order chi connectivity index (χ0) is 19.6. The summed E-state index contributed by atoms with van der Waals surface area (Å²) >= 11 is 1.15. The molecule has 2 aromatic heterocycles. The van der Waals surface area contributed by atoms with Gasteiger partial charge < -0.3 is 10.4 Å². The SMILES string of the molecule is CNC(=O)c1sc2c(c1C)c(=O)n(CCO)c(=O)n2CCc1ccccc1. The van der Waals surface area contributed by atoms with E-state index in [0.29, 0.717) is 33.6 Å². The van der Waals surface area contributed by atoms with Gasteiger partial charge in [0.1, 0.15) is 4.83 Å². The molecule has 0 spiro atoms. The minimum absolute atomic E-state index is 0.0798. The van der Waals surface area contributed by atoms with Crippen LogP contribution in [-0.4, -0.2) is 33.8 Å². The van der Waals surface area contributed by atoms with Gasteiger partial charge in [0.05, 0.1) is 23.4 Å². The molecular weight excluding hydrogens is 366 g/mol. The van der Waals surface area contributed by atoms with Gasteiger partial charge in [0.2, 0.25) is 0 Å². The molecule has 3 rings (SSSR count). The molecule has 0 aliphatic carbocycles. The molecule has 8 heteroatoms. The molecule has 1 amide bonds. The number of amides is 1. The summed E-state index contributed by atoms with van der Waals surface area (Å²) in [5, 5.41) is 12.2. The molecule has 3 aromatic rings. The van der Waals surface area contributed by atoms with Crippen LogP contribution in [0.15, 0.2) is 39.9 Å². The minimum atomic E-state index is -0.470. The molecular formula is C19H21N3O4S. The number of aliphatic hydroxyl groups excluding tert-OH is 1. The molecule has 0 fully saturated rings. The van der Waals surface area contributed by atoms with Crippen LogP contribution < -0.4 is 16.6 Å². The molecule has 2 heterocycles. The summed E-state index contributed by atoms with van der Waals surface area (Å²) in [5.74, 6) is -0.288. The van der Waals surface area contributed by atoms with Crippen LogP contribution in [0.5, 0.6) is 0 Å². The van der Waals surface area contributed by atoms with E-state index in [2.05, 4.69) is 5.32 Å². The molecule has 7 nitrogen and oxygen atoms in total. The third-order valence-corrected chi connectivity index (χ3v) is 5.83. The fraction of sp³-hybridized carbons (Fsp3) is 0.316. The highest BCUT2D eigenvalue weighted by atomic mass is 32.1. The van der Waals surface area contributed by atoms with Crippen molar-refractivity contribution in [1.82, 2.24) is 14.5 Å². The lowest BCUT2D eigenvalue weighted by atomic mass is 10.1. The van der Waals surface area contributed by atoms with Gasteiger partial charge in [0, 0.05) is 13.6 Å². The Kier molecular flexibility index (Phi) is 5.57. The van der Waals surface area contributed by atoms with E-state index in [1.165, 1.54) is 11.6 Å². The van der Waals surface area contributed by atoms with Crippen LogP contribution in [0.3, 0.4) is 0 Å². The predicted molar refractivity (Wildman–Crippen MR) is 106 cm³/mol. The largest absolute Gasteiger partial charge is 0.395 e. The average Bonchev–Trinajstić information content (AvgIpc) is 3.02. The number of hydrogen-bond acceptors (Lipinski definition) is 5. The summed E-state index contributed by atoms with van der Waals surface area (Å²) in [6.45, 7) is 1.69. The molecule has 142 valence electrons. The Morgan fingerprint density at radius 1 is 1.15 bits per heavy atom. The maximum Gasteiger partial charge on any atom is 0.332 e. The van der Waals surface area contributed by atoms with Gasteiger partial charge in [-0.25, -0.2) is 4.79 Å². The second-order valence-corrected chi connectivity index (χ2v) is 7.16. The standard InChI is InChI=1S/C19H21N3O4S/c1-12-14-17(25)21(10-11-23)19(26)22(9-8-13-6-4-3-5-7-13)18(14)27-15(12)16(24)20-2/h3-7,23H,8-11H2,1-2H3,(H,20,24). The quantitative estimate of drug-likeness (QED) is 0.663. The first kappa shape index (κ1) is 19.1. The van der Waals surface area contributed by atoms with Crippen LogP contribution in [-0.2, 0) is 19.5 Å². The normalized spacial score (nSPS) is 11.1. The summed E-state index contributed by atoms with van der Waals surface area (Å²) < 4.78 is 2.57. The van der Waals surface area contributed by atoms with Gasteiger partial charge in [-0.3, -0.25) is 18.7 Å². The fourth-order valence-electron chi connectivity index (χ4n) is 3.10. The van der Waals surface area contributed by atoms with Crippen molar-refractivity contribution in [2.24, 2.45) is 0 Å². The van der Waals surface area contributed by atoms with Crippen molar-refractivity contribution in [2.45, 2.75) is 26.4 Å². The van der Waals surface area contributed by atoms with Crippen molar-refractivity contribution in [3.8, 4) is 0 Å². The number of thiophene rings is 1. The average molecular weight is 387 g/mol. The van der Waals surface area contributed by atoms with Crippen LogP contribution in [0.1, 0.15) is 20.8 Å². The highest BCUT2D eigenvalue weighted by Gasteiger charge is 2.22. The third kappa shape index (κ3) is 3.45. The number of hydrogen-bond donors (Lipinski definition) is 2. The van der Waals surface area contributed by atoms with Crippen molar-refractivity contribution in [3.63, 3.8) is 0 Å². The molecule has 1 aromatic carbocycles. The first-order valence-electron chi connectivity index (χ1n) is 8.63. The number of rotatable bonds is 6. The Bertz CT molecular complexity index is 1100. The van der Waals surface area contributed by atoms with Crippen LogP contribution in [0, 0.1) is 6.92 Å². The molecule has 0 atom stereocenters. The molecule has 0 unspecified atom stereocenters. The van der Waals surface area contributed by atoms with Gasteiger partial charge in [0.25, 0.3) is 11.5 Å². The van der Waals surface area contributed by atoms with Gasteiger partial charge in [-0.1, -0.05) is 30.3 Å². The molecule has 0 bridgehead atoms. The lowest BCUT2D eigenvalue weighted by Gasteiger charge is -2.11. The highest BCUT2D eigenvalue weighted by Crippen LogP contribution is 2.28. The number of aryl methyl sites for hydroxylation is 3. The van der Waals surface area contributed by atoms with E-state index in [9.17, 15) is 19.5 Å². The van der Waals surface area contributed by atoms with Crippen LogP contribution >= 0.6 is 11.3 Å². The van der Waals surface area contributed by atoms with Crippen molar-refractivity contribution < 1.29 is 9.90 Å². The molecule has 2 N–H and O–H groups in total. The number of aromatic nitrogens is 2. The van der Waals surface area contributed by atoms with Crippen LogP contribution in [0.2, 0.25) is 0 Å². The van der Waals surface area contributed by atoms with Gasteiger partial charge >= 0.3 is 5.69 Å².